The van der Waals surface area contributed by atoms with Crippen LogP contribution in [0.4, 0.5) is 4.79 Å². The predicted molar refractivity (Wildman–Crippen MR) is 87.4 cm³/mol. The molecule has 2 N–H and O–H groups in total. The van der Waals surface area contributed by atoms with Crippen LogP contribution in [0.5, 0.6) is 0 Å². The molecule has 0 unspecified atom stereocenters. The van der Waals surface area contributed by atoms with Crippen LogP contribution < -0.4 is 10.6 Å². The number of nitrogens with one attached hydrogen (secondary N) is 2. The van der Waals surface area contributed by atoms with Crippen molar-refractivity contribution in [2.75, 3.05) is 5.75 Å². The van der Waals surface area contributed by atoms with Crippen LogP contribution in [0.1, 0.15) is 5.76 Å². The van der Waals surface area contributed by atoms with E-state index in [1.54, 1.807) is 12.1 Å². The van der Waals surface area contributed by atoms with Crippen molar-refractivity contribution in [1.29, 1.82) is 0 Å². The molecule has 0 saturated heterocycles. The fourth-order valence-corrected chi connectivity index (χ4v) is 2.89. The fraction of sp³-hybridized carbons (Fsp3) is 0.143. The molecular formula is C14H12N4O4S2. The highest BCUT2D eigenvalue weighted by molar-refractivity contribution is 7.99. The van der Waals surface area contributed by atoms with Crippen molar-refractivity contribution >= 4 is 35.0 Å². The molecule has 0 aliphatic heterocycles. The topological polar surface area (TPSA) is 110 Å². The summed E-state index contributed by atoms with van der Waals surface area (Å²) in [6, 6.07) is 6.58. The minimum Gasteiger partial charge on any atom is -0.467 e. The number of rotatable bonds is 6. The van der Waals surface area contributed by atoms with Crippen LogP contribution in [0.2, 0.25) is 0 Å². The lowest BCUT2D eigenvalue weighted by atomic mass is 10.4. The largest absolute Gasteiger partial charge is 0.467 e. The number of hydrogen-bond acceptors (Lipinski definition) is 8. The predicted octanol–water partition coefficient (Wildman–Crippen LogP) is 2.51. The number of imide groups is 1. The van der Waals surface area contributed by atoms with E-state index in [9.17, 15) is 9.59 Å². The highest BCUT2D eigenvalue weighted by atomic mass is 32.2. The average molecular weight is 364 g/mol. The van der Waals surface area contributed by atoms with Crippen LogP contribution in [-0.4, -0.2) is 27.9 Å². The van der Waals surface area contributed by atoms with Crippen LogP contribution in [0, 0.1) is 0 Å². The third kappa shape index (κ3) is 4.46. The zero-order chi connectivity index (χ0) is 16.8. The summed E-state index contributed by atoms with van der Waals surface area (Å²) in [7, 11) is 0. The van der Waals surface area contributed by atoms with Crippen LogP contribution >= 0.6 is 23.1 Å². The summed E-state index contributed by atoms with van der Waals surface area (Å²) in [5.74, 6) is 0.524. The van der Waals surface area contributed by atoms with Crippen molar-refractivity contribution in [2.24, 2.45) is 0 Å². The molecule has 10 heteroatoms. The van der Waals surface area contributed by atoms with E-state index < -0.39 is 11.9 Å². The summed E-state index contributed by atoms with van der Waals surface area (Å²) < 4.78 is 10.5. The summed E-state index contributed by atoms with van der Waals surface area (Å²) in [4.78, 5) is 24.2. The van der Waals surface area contributed by atoms with Gasteiger partial charge in [0.1, 0.15) is 5.76 Å². The molecule has 124 valence electrons. The summed E-state index contributed by atoms with van der Waals surface area (Å²) in [5.41, 5.74) is 0. The maximum Gasteiger partial charge on any atom is 0.321 e. The van der Waals surface area contributed by atoms with Crippen molar-refractivity contribution in [2.45, 2.75) is 11.8 Å². The fourth-order valence-electron chi connectivity index (χ4n) is 1.68. The Balaban J connectivity index is 1.41. The Morgan fingerprint density at radius 2 is 2.17 bits per heavy atom. The average Bonchev–Trinajstić information content (AvgIpc) is 3.33. The van der Waals surface area contributed by atoms with Gasteiger partial charge in [0.05, 0.1) is 23.4 Å². The van der Waals surface area contributed by atoms with E-state index in [-0.39, 0.29) is 17.5 Å². The maximum absolute atomic E-state index is 11.7. The second-order valence-corrected chi connectivity index (χ2v) is 6.32. The van der Waals surface area contributed by atoms with E-state index in [1.807, 2.05) is 17.5 Å². The molecule has 3 aromatic rings. The second-order valence-electron chi connectivity index (χ2n) is 4.45. The Labute approximate surface area is 144 Å². The molecule has 0 spiro atoms. The molecule has 0 atom stereocenters. The van der Waals surface area contributed by atoms with Crippen LogP contribution in [-0.2, 0) is 11.3 Å². The van der Waals surface area contributed by atoms with E-state index in [1.165, 1.54) is 17.6 Å². The Bertz CT molecular complexity index is 799. The van der Waals surface area contributed by atoms with Crippen molar-refractivity contribution < 1.29 is 18.4 Å². The molecule has 8 nitrogen and oxygen atoms in total. The Kier molecular flexibility index (Phi) is 5.29. The molecule has 0 aliphatic rings. The molecule has 3 amide bonds. The molecule has 0 aromatic carbocycles. The maximum atomic E-state index is 11.7. The molecule has 0 saturated carbocycles. The van der Waals surface area contributed by atoms with Gasteiger partial charge in [-0.25, -0.2) is 4.79 Å². The van der Waals surface area contributed by atoms with Crippen molar-refractivity contribution in [3.63, 3.8) is 0 Å². The van der Waals surface area contributed by atoms with Crippen molar-refractivity contribution in [3.8, 4) is 10.8 Å². The lowest BCUT2D eigenvalue weighted by molar-refractivity contribution is -0.117. The number of urea groups is 1. The molecule has 3 aromatic heterocycles. The van der Waals surface area contributed by atoms with Gasteiger partial charge in [-0.2, -0.15) is 0 Å². The summed E-state index contributed by atoms with van der Waals surface area (Å²) in [5, 5.41) is 14.7. The molecule has 0 fully saturated rings. The SMILES string of the molecule is O=C(CSc1nnc(-c2cccs2)o1)NC(=O)NCc1ccco1. The van der Waals surface area contributed by atoms with E-state index in [4.69, 9.17) is 8.83 Å². The molecule has 24 heavy (non-hydrogen) atoms. The molecular weight excluding hydrogens is 352 g/mol. The van der Waals surface area contributed by atoms with Crippen molar-refractivity contribution in [3.05, 3.63) is 41.7 Å². The van der Waals surface area contributed by atoms with Gasteiger partial charge in [-0.1, -0.05) is 17.8 Å². The van der Waals surface area contributed by atoms with Gasteiger partial charge >= 0.3 is 6.03 Å². The van der Waals surface area contributed by atoms with Gasteiger partial charge < -0.3 is 14.2 Å². The van der Waals surface area contributed by atoms with Crippen molar-refractivity contribution in [1.82, 2.24) is 20.8 Å². The van der Waals surface area contributed by atoms with Gasteiger partial charge in [0.25, 0.3) is 11.1 Å². The number of amides is 3. The number of thioether (sulfide) groups is 1. The van der Waals surface area contributed by atoms with E-state index >= 15 is 0 Å². The highest BCUT2D eigenvalue weighted by Crippen LogP contribution is 2.26. The van der Waals surface area contributed by atoms with Gasteiger partial charge in [0, 0.05) is 0 Å². The second kappa shape index (κ2) is 7.79. The monoisotopic (exact) mass is 364 g/mol. The minimum atomic E-state index is -0.596. The zero-order valence-electron chi connectivity index (χ0n) is 12.2. The van der Waals surface area contributed by atoms with Gasteiger partial charge in [-0.15, -0.1) is 21.5 Å². The number of thiophene rings is 1. The van der Waals surface area contributed by atoms with Gasteiger partial charge in [-0.05, 0) is 23.6 Å². The van der Waals surface area contributed by atoms with E-state index in [2.05, 4.69) is 20.8 Å². The standard InChI is InChI=1S/C14H12N4O4S2/c19-11(16-13(20)15-7-9-3-1-5-21-9)8-24-14-18-17-12(22-14)10-4-2-6-23-10/h1-6H,7-8H2,(H2,15,16,19,20). The number of aromatic nitrogens is 2. The van der Waals surface area contributed by atoms with E-state index in [0.29, 0.717) is 11.7 Å². The minimum absolute atomic E-state index is 0.0136. The molecule has 3 heterocycles. The number of carbonyl (C=O) groups excluding carboxylic acids is 2. The number of carbonyl (C=O) groups is 2. The first kappa shape index (κ1) is 16.3. The van der Waals surface area contributed by atoms with E-state index in [0.717, 1.165) is 16.6 Å². The quantitative estimate of drug-likeness (QED) is 0.647. The van der Waals surface area contributed by atoms with Gasteiger partial charge in [0.15, 0.2) is 0 Å². The van der Waals surface area contributed by atoms with Gasteiger partial charge in [0.2, 0.25) is 5.91 Å². The summed E-state index contributed by atoms with van der Waals surface area (Å²) in [6.45, 7) is 0.201. The van der Waals surface area contributed by atoms with Crippen LogP contribution in [0.25, 0.3) is 10.8 Å². The summed E-state index contributed by atoms with van der Waals surface area (Å²) >= 11 is 2.54. The summed E-state index contributed by atoms with van der Waals surface area (Å²) in [6.07, 6.45) is 1.51. The first-order valence-corrected chi connectivity index (χ1v) is 8.67. The number of nitrogens with zero attached hydrogens (tertiary/aromatic N) is 2. The first-order valence-electron chi connectivity index (χ1n) is 6.81. The smallest absolute Gasteiger partial charge is 0.321 e. The Hall–Kier alpha value is -2.59. The number of hydrogen-bond donors (Lipinski definition) is 2. The van der Waals surface area contributed by atoms with Gasteiger partial charge in [-0.3, -0.25) is 10.1 Å². The molecule has 0 bridgehead atoms. The molecule has 3 rings (SSSR count). The number of furan rings is 1. The Morgan fingerprint density at radius 1 is 1.25 bits per heavy atom. The van der Waals surface area contributed by atoms with Crippen LogP contribution in [0.3, 0.4) is 0 Å². The third-order valence-corrected chi connectivity index (χ3v) is 4.40. The normalized spacial score (nSPS) is 10.5. The molecule has 0 aliphatic carbocycles. The lowest BCUT2D eigenvalue weighted by Gasteiger charge is -2.04. The Morgan fingerprint density at radius 3 is 2.92 bits per heavy atom. The third-order valence-electron chi connectivity index (χ3n) is 2.72. The molecule has 0 radical (unpaired) electrons. The highest BCUT2D eigenvalue weighted by Gasteiger charge is 2.13. The zero-order valence-corrected chi connectivity index (χ0v) is 13.9. The van der Waals surface area contributed by atoms with Crippen LogP contribution in [0.15, 0.2) is 50.0 Å². The lowest BCUT2D eigenvalue weighted by Crippen LogP contribution is -2.39. The first-order chi connectivity index (χ1) is 11.7.